The van der Waals surface area contributed by atoms with E-state index < -0.39 is 15.9 Å². The van der Waals surface area contributed by atoms with E-state index in [0.717, 1.165) is 19.3 Å². The van der Waals surface area contributed by atoms with Crippen molar-refractivity contribution in [3.8, 4) is 12.3 Å². The molecular weight excluding hydrogens is 348 g/mol. The minimum absolute atomic E-state index is 0.0347. The summed E-state index contributed by atoms with van der Waals surface area (Å²) in [5.41, 5.74) is 1.29. The predicted molar refractivity (Wildman–Crippen MR) is 101 cm³/mol. The molecule has 1 fully saturated rings. The molecule has 2 aromatic rings. The zero-order valence-electron chi connectivity index (χ0n) is 14.3. The summed E-state index contributed by atoms with van der Waals surface area (Å²) in [6, 6.07) is 13.2. The molecule has 0 aliphatic carbocycles. The van der Waals surface area contributed by atoms with Gasteiger partial charge in [0.2, 0.25) is 10.0 Å². The van der Waals surface area contributed by atoms with Crippen molar-refractivity contribution in [2.45, 2.75) is 24.2 Å². The number of piperidine rings is 1. The number of carbonyl (C=O) groups is 1. The Bertz CT molecular complexity index is 955. The van der Waals surface area contributed by atoms with Gasteiger partial charge >= 0.3 is 0 Å². The van der Waals surface area contributed by atoms with E-state index in [1.807, 2.05) is 0 Å². The minimum Gasteiger partial charge on any atom is -0.322 e. The number of anilines is 1. The Morgan fingerprint density at radius 1 is 1.04 bits per heavy atom. The smallest absolute Gasteiger partial charge is 0.257 e. The van der Waals surface area contributed by atoms with Gasteiger partial charge < -0.3 is 5.32 Å². The van der Waals surface area contributed by atoms with Crippen LogP contribution in [0.15, 0.2) is 53.4 Å². The van der Waals surface area contributed by atoms with Crippen LogP contribution >= 0.6 is 0 Å². The van der Waals surface area contributed by atoms with Crippen molar-refractivity contribution >= 4 is 21.6 Å². The Balaban J connectivity index is 1.91. The van der Waals surface area contributed by atoms with Crippen LogP contribution in [0.2, 0.25) is 0 Å². The lowest BCUT2D eigenvalue weighted by molar-refractivity contribution is 0.102. The van der Waals surface area contributed by atoms with E-state index in [2.05, 4.69) is 11.2 Å². The molecule has 26 heavy (non-hydrogen) atoms. The molecule has 5 nitrogen and oxygen atoms in total. The standard InChI is InChI=1S/C20H20N2O3S/c1-2-16-9-8-10-17(15-16)21-20(23)18-11-4-5-12-19(18)26(24,25)22-13-6-3-7-14-22/h1,4-5,8-12,15H,3,6-7,13-14H2,(H,21,23). The number of sulfonamides is 1. The molecule has 1 heterocycles. The zero-order chi connectivity index (χ0) is 18.6. The Morgan fingerprint density at radius 3 is 2.50 bits per heavy atom. The third-order valence-electron chi connectivity index (χ3n) is 4.35. The monoisotopic (exact) mass is 368 g/mol. The van der Waals surface area contributed by atoms with Crippen LogP contribution in [-0.4, -0.2) is 31.7 Å². The zero-order valence-corrected chi connectivity index (χ0v) is 15.1. The molecule has 3 rings (SSSR count). The fourth-order valence-electron chi connectivity index (χ4n) is 3.01. The summed E-state index contributed by atoms with van der Waals surface area (Å²) in [6.07, 6.45) is 8.08. The van der Waals surface area contributed by atoms with Gasteiger partial charge in [-0.3, -0.25) is 4.79 Å². The fraction of sp³-hybridized carbons (Fsp3) is 0.250. The first-order chi connectivity index (χ1) is 12.5. The first-order valence-corrected chi connectivity index (χ1v) is 9.93. The fourth-order valence-corrected chi connectivity index (χ4v) is 4.71. The number of rotatable bonds is 4. The maximum absolute atomic E-state index is 13.0. The molecule has 1 aliphatic heterocycles. The molecule has 1 saturated heterocycles. The molecule has 0 unspecified atom stereocenters. The third kappa shape index (κ3) is 3.79. The molecule has 6 heteroatoms. The summed E-state index contributed by atoms with van der Waals surface area (Å²) in [4.78, 5) is 12.8. The number of benzene rings is 2. The summed E-state index contributed by atoms with van der Waals surface area (Å²) in [6.45, 7) is 0.977. The molecule has 1 amide bonds. The van der Waals surface area contributed by atoms with Gasteiger partial charge in [-0.25, -0.2) is 8.42 Å². The van der Waals surface area contributed by atoms with Crippen molar-refractivity contribution in [3.63, 3.8) is 0 Å². The number of carbonyl (C=O) groups excluding carboxylic acids is 1. The molecule has 0 radical (unpaired) electrons. The summed E-state index contributed by atoms with van der Waals surface area (Å²) in [5.74, 6) is 2.03. The third-order valence-corrected chi connectivity index (χ3v) is 6.31. The van der Waals surface area contributed by atoms with Crippen LogP contribution in [0.3, 0.4) is 0 Å². The van der Waals surface area contributed by atoms with Gasteiger partial charge in [0, 0.05) is 24.3 Å². The highest BCUT2D eigenvalue weighted by Gasteiger charge is 2.29. The molecule has 0 bridgehead atoms. The van der Waals surface area contributed by atoms with Crippen LogP contribution < -0.4 is 5.32 Å². The summed E-state index contributed by atoms with van der Waals surface area (Å²) in [7, 11) is -3.70. The largest absolute Gasteiger partial charge is 0.322 e. The molecule has 1 N–H and O–H groups in total. The van der Waals surface area contributed by atoms with Crippen molar-refractivity contribution in [1.29, 1.82) is 0 Å². The van der Waals surface area contributed by atoms with Gasteiger partial charge in [-0.1, -0.05) is 30.5 Å². The van der Waals surface area contributed by atoms with E-state index in [1.165, 1.54) is 16.4 Å². The van der Waals surface area contributed by atoms with E-state index >= 15 is 0 Å². The minimum atomic E-state index is -3.70. The van der Waals surface area contributed by atoms with E-state index in [1.54, 1.807) is 36.4 Å². The molecule has 2 aromatic carbocycles. The summed E-state index contributed by atoms with van der Waals surface area (Å²) < 4.78 is 27.4. The molecule has 0 aromatic heterocycles. The average Bonchev–Trinajstić information content (AvgIpc) is 2.68. The van der Waals surface area contributed by atoms with Crippen molar-refractivity contribution < 1.29 is 13.2 Å². The maximum atomic E-state index is 13.0. The van der Waals surface area contributed by atoms with Gasteiger partial charge in [-0.2, -0.15) is 4.31 Å². The second-order valence-electron chi connectivity index (χ2n) is 6.14. The van der Waals surface area contributed by atoms with Crippen molar-refractivity contribution in [3.05, 3.63) is 59.7 Å². The predicted octanol–water partition coefficient (Wildman–Crippen LogP) is 3.09. The van der Waals surface area contributed by atoms with Gasteiger partial charge in [0.15, 0.2) is 0 Å². The summed E-state index contributed by atoms with van der Waals surface area (Å²) >= 11 is 0. The highest BCUT2D eigenvalue weighted by Crippen LogP contribution is 2.24. The van der Waals surface area contributed by atoms with Crippen molar-refractivity contribution in [2.75, 3.05) is 18.4 Å². The van der Waals surface area contributed by atoms with Crippen LogP contribution in [0.4, 0.5) is 5.69 Å². The quantitative estimate of drug-likeness (QED) is 0.844. The van der Waals surface area contributed by atoms with E-state index in [9.17, 15) is 13.2 Å². The van der Waals surface area contributed by atoms with E-state index in [0.29, 0.717) is 24.3 Å². The van der Waals surface area contributed by atoms with Gasteiger partial charge in [0.1, 0.15) is 0 Å². The van der Waals surface area contributed by atoms with E-state index in [4.69, 9.17) is 6.42 Å². The number of hydrogen-bond donors (Lipinski definition) is 1. The lowest BCUT2D eigenvalue weighted by Crippen LogP contribution is -2.36. The van der Waals surface area contributed by atoms with Crippen LogP contribution in [0.5, 0.6) is 0 Å². The van der Waals surface area contributed by atoms with Gasteiger partial charge in [0.05, 0.1) is 10.5 Å². The topological polar surface area (TPSA) is 66.5 Å². The molecular formula is C20H20N2O3S. The average molecular weight is 368 g/mol. The molecule has 0 atom stereocenters. The van der Waals surface area contributed by atoms with Crippen LogP contribution in [0.1, 0.15) is 35.2 Å². The van der Waals surface area contributed by atoms with Crippen LogP contribution in [-0.2, 0) is 10.0 Å². The maximum Gasteiger partial charge on any atom is 0.257 e. The molecule has 0 spiro atoms. The lowest BCUT2D eigenvalue weighted by Gasteiger charge is -2.26. The highest BCUT2D eigenvalue weighted by atomic mass is 32.2. The van der Waals surface area contributed by atoms with Crippen LogP contribution in [0.25, 0.3) is 0 Å². The number of amides is 1. The Hall–Kier alpha value is -2.62. The normalized spacial score (nSPS) is 15.2. The highest BCUT2D eigenvalue weighted by molar-refractivity contribution is 7.89. The number of nitrogens with zero attached hydrogens (tertiary/aromatic N) is 1. The Kier molecular flexibility index (Phi) is 5.40. The molecule has 1 aliphatic rings. The van der Waals surface area contributed by atoms with Gasteiger partial charge in [-0.05, 0) is 43.2 Å². The van der Waals surface area contributed by atoms with Crippen molar-refractivity contribution in [1.82, 2.24) is 4.31 Å². The number of hydrogen-bond acceptors (Lipinski definition) is 3. The SMILES string of the molecule is C#Cc1cccc(NC(=O)c2ccccc2S(=O)(=O)N2CCCCC2)c1. The lowest BCUT2D eigenvalue weighted by atomic mass is 10.2. The Morgan fingerprint density at radius 2 is 1.77 bits per heavy atom. The first-order valence-electron chi connectivity index (χ1n) is 8.49. The van der Waals surface area contributed by atoms with Crippen LogP contribution in [0, 0.1) is 12.3 Å². The second kappa shape index (κ2) is 7.73. The molecule has 134 valence electrons. The summed E-state index contributed by atoms with van der Waals surface area (Å²) in [5, 5.41) is 2.73. The second-order valence-corrected chi connectivity index (χ2v) is 8.05. The van der Waals surface area contributed by atoms with Gasteiger partial charge in [0.25, 0.3) is 5.91 Å². The number of terminal acetylenes is 1. The molecule has 0 saturated carbocycles. The number of nitrogens with one attached hydrogen (secondary N) is 1. The Labute approximate surface area is 154 Å². The van der Waals surface area contributed by atoms with E-state index in [-0.39, 0.29) is 10.5 Å². The van der Waals surface area contributed by atoms with Gasteiger partial charge in [-0.15, -0.1) is 6.42 Å². The first kappa shape index (κ1) is 18.2. The van der Waals surface area contributed by atoms with Crippen molar-refractivity contribution in [2.24, 2.45) is 0 Å².